The van der Waals surface area contributed by atoms with Crippen LogP contribution in [0, 0.1) is 5.82 Å². The topological polar surface area (TPSA) is 78.5 Å². The Morgan fingerprint density at radius 1 is 0.943 bits per heavy atom. The van der Waals surface area contributed by atoms with E-state index < -0.39 is 23.7 Å². The number of nitrogens with zero attached hydrogens (tertiary/aromatic N) is 1. The molecule has 1 saturated carbocycles. The molecule has 35 heavy (non-hydrogen) atoms. The number of carbonyl (C=O) groups excluding carboxylic acids is 3. The Morgan fingerprint density at radius 3 is 2.34 bits per heavy atom. The zero-order chi connectivity index (χ0) is 24.6. The summed E-state index contributed by atoms with van der Waals surface area (Å²) in [4.78, 5) is 41.3. The number of hydrogen-bond donors (Lipinski definition) is 2. The summed E-state index contributed by atoms with van der Waals surface area (Å²) in [5.41, 5.74) is 0.539. The second kappa shape index (κ2) is 11.8. The van der Waals surface area contributed by atoms with Crippen LogP contribution in [-0.4, -0.2) is 30.3 Å². The zero-order valence-corrected chi connectivity index (χ0v) is 20.1. The number of amides is 3. The first kappa shape index (κ1) is 24.6. The van der Waals surface area contributed by atoms with Gasteiger partial charge in [0.2, 0.25) is 11.8 Å². The molecule has 0 radical (unpaired) electrons. The summed E-state index contributed by atoms with van der Waals surface area (Å²) in [6.45, 7) is -0.384. The Kier molecular flexibility index (Phi) is 8.26. The summed E-state index contributed by atoms with van der Waals surface area (Å²) in [5, 5.41) is 7.46. The molecule has 1 fully saturated rings. The van der Waals surface area contributed by atoms with Gasteiger partial charge in [-0.05, 0) is 42.0 Å². The number of anilines is 1. The lowest BCUT2D eigenvalue weighted by molar-refractivity contribution is -0.127. The van der Waals surface area contributed by atoms with Gasteiger partial charge in [-0.25, -0.2) is 4.39 Å². The van der Waals surface area contributed by atoms with Crippen LogP contribution in [0.1, 0.15) is 53.4 Å². The molecule has 0 spiro atoms. The standard InChI is InChI=1S/C27H28FN3O3S/c28-21-14-7-8-15-22(21)31(24(32)18-29-26(33)23-16-9-17-35-23)25(19-10-3-1-4-11-19)27(34)30-20-12-5-2-6-13-20/h1,3-4,7-11,14-17,20,25H,2,5-6,12-13,18H2,(H,29,33)(H,30,34). The van der Waals surface area contributed by atoms with Gasteiger partial charge in [0.1, 0.15) is 11.9 Å². The van der Waals surface area contributed by atoms with Crippen LogP contribution < -0.4 is 15.5 Å². The molecule has 3 aromatic rings. The van der Waals surface area contributed by atoms with Gasteiger partial charge in [0.05, 0.1) is 17.1 Å². The van der Waals surface area contributed by atoms with Crippen molar-refractivity contribution in [2.24, 2.45) is 0 Å². The van der Waals surface area contributed by atoms with Crippen molar-refractivity contribution in [3.8, 4) is 0 Å². The van der Waals surface area contributed by atoms with Crippen LogP contribution in [0.5, 0.6) is 0 Å². The van der Waals surface area contributed by atoms with Crippen molar-refractivity contribution in [2.45, 2.75) is 44.2 Å². The van der Waals surface area contributed by atoms with Crippen molar-refractivity contribution >= 4 is 34.7 Å². The molecule has 182 valence electrons. The molecule has 1 aliphatic rings. The van der Waals surface area contributed by atoms with E-state index in [1.165, 1.54) is 29.5 Å². The van der Waals surface area contributed by atoms with E-state index in [1.807, 2.05) is 6.07 Å². The number of halogens is 1. The Hall–Kier alpha value is -3.52. The fourth-order valence-corrected chi connectivity index (χ4v) is 5.02. The second-order valence-electron chi connectivity index (χ2n) is 8.53. The number of carbonyl (C=O) groups is 3. The molecule has 0 saturated heterocycles. The number of rotatable bonds is 8. The fourth-order valence-electron chi connectivity index (χ4n) is 4.38. The van der Waals surface area contributed by atoms with Crippen molar-refractivity contribution in [3.63, 3.8) is 0 Å². The number of para-hydroxylation sites is 1. The molecule has 1 aromatic heterocycles. The van der Waals surface area contributed by atoms with Gasteiger partial charge in [-0.3, -0.25) is 19.3 Å². The lowest BCUT2D eigenvalue weighted by Crippen LogP contribution is -2.50. The fraction of sp³-hybridized carbons (Fsp3) is 0.296. The average molecular weight is 494 g/mol. The van der Waals surface area contributed by atoms with Gasteiger partial charge in [0, 0.05) is 6.04 Å². The third-order valence-corrected chi connectivity index (χ3v) is 6.97. The van der Waals surface area contributed by atoms with E-state index in [0.29, 0.717) is 10.4 Å². The van der Waals surface area contributed by atoms with Gasteiger partial charge in [0.15, 0.2) is 0 Å². The van der Waals surface area contributed by atoms with E-state index in [9.17, 15) is 14.4 Å². The smallest absolute Gasteiger partial charge is 0.261 e. The normalized spacial score (nSPS) is 14.7. The summed E-state index contributed by atoms with van der Waals surface area (Å²) < 4.78 is 15.0. The molecule has 1 heterocycles. The Bertz CT molecular complexity index is 1150. The van der Waals surface area contributed by atoms with Crippen LogP contribution in [0.4, 0.5) is 10.1 Å². The Morgan fingerprint density at radius 2 is 1.66 bits per heavy atom. The molecule has 8 heteroatoms. The van der Waals surface area contributed by atoms with E-state index in [4.69, 9.17) is 0 Å². The molecule has 1 unspecified atom stereocenters. The predicted molar refractivity (Wildman–Crippen MR) is 135 cm³/mol. The van der Waals surface area contributed by atoms with Crippen LogP contribution in [-0.2, 0) is 9.59 Å². The first-order valence-corrected chi connectivity index (χ1v) is 12.7. The Labute approximate surface area is 208 Å². The van der Waals surface area contributed by atoms with Gasteiger partial charge in [0.25, 0.3) is 5.91 Å². The van der Waals surface area contributed by atoms with Crippen molar-refractivity contribution < 1.29 is 18.8 Å². The molecule has 2 N–H and O–H groups in total. The van der Waals surface area contributed by atoms with Gasteiger partial charge in [-0.15, -0.1) is 11.3 Å². The van der Waals surface area contributed by atoms with E-state index in [0.717, 1.165) is 37.0 Å². The minimum absolute atomic E-state index is 0.0126. The van der Waals surface area contributed by atoms with Crippen LogP contribution >= 0.6 is 11.3 Å². The zero-order valence-electron chi connectivity index (χ0n) is 19.3. The molecule has 4 rings (SSSR count). The van der Waals surface area contributed by atoms with Crippen LogP contribution in [0.3, 0.4) is 0 Å². The number of benzene rings is 2. The van der Waals surface area contributed by atoms with Gasteiger partial charge in [-0.2, -0.15) is 0 Å². The summed E-state index contributed by atoms with van der Waals surface area (Å²) >= 11 is 1.26. The summed E-state index contributed by atoms with van der Waals surface area (Å²) in [6.07, 6.45) is 4.95. The quantitative estimate of drug-likeness (QED) is 0.471. The average Bonchev–Trinajstić information content (AvgIpc) is 3.42. The third kappa shape index (κ3) is 6.14. The van der Waals surface area contributed by atoms with Crippen LogP contribution in [0.25, 0.3) is 0 Å². The van der Waals surface area contributed by atoms with Crippen LogP contribution in [0.15, 0.2) is 72.1 Å². The molecule has 6 nitrogen and oxygen atoms in total. The molecule has 1 aliphatic carbocycles. The highest BCUT2D eigenvalue weighted by atomic mass is 32.1. The maximum absolute atomic E-state index is 15.0. The van der Waals surface area contributed by atoms with E-state index in [1.54, 1.807) is 47.8 Å². The SMILES string of the molecule is O=C(NCC(=O)N(c1ccccc1F)C(C(=O)NC1CCCCC1)c1ccccc1)c1cccs1. The van der Waals surface area contributed by atoms with Gasteiger partial charge >= 0.3 is 0 Å². The third-order valence-electron chi connectivity index (χ3n) is 6.10. The number of nitrogens with one attached hydrogen (secondary N) is 2. The Balaban J connectivity index is 1.67. The summed E-state index contributed by atoms with van der Waals surface area (Å²) in [5.74, 6) is -1.99. The van der Waals surface area contributed by atoms with Gasteiger partial charge in [-0.1, -0.05) is 67.8 Å². The number of hydrogen-bond acceptors (Lipinski definition) is 4. The highest BCUT2D eigenvalue weighted by molar-refractivity contribution is 7.12. The van der Waals surface area contributed by atoms with E-state index in [-0.39, 0.29) is 24.2 Å². The van der Waals surface area contributed by atoms with Crippen molar-refractivity contribution in [3.05, 3.63) is 88.4 Å². The summed E-state index contributed by atoms with van der Waals surface area (Å²) in [6, 6.07) is 17.0. The van der Waals surface area contributed by atoms with E-state index >= 15 is 4.39 Å². The molecule has 1 atom stereocenters. The minimum Gasteiger partial charge on any atom is -0.351 e. The van der Waals surface area contributed by atoms with Crippen molar-refractivity contribution in [1.82, 2.24) is 10.6 Å². The monoisotopic (exact) mass is 493 g/mol. The second-order valence-corrected chi connectivity index (χ2v) is 9.48. The highest BCUT2D eigenvalue weighted by Gasteiger charge is 2.35. The minimum atomic E-state index is -1.10. The molecular formula is C27H28FN3O3S. The molecule has 0 aliphatic heterocycles. The first-order chi connectivity index (χ1) is 17.0. The lowest BCUT2D eigenvalue weighted by Gasteiger charge is -2.33. The van der Waals surface area contributed by atoms with Crippen LogP contribution in [0.2, 0.25) is 0 Å². The molecule has 0 bridgehead atoms. The molecular weight excluding hydrogens is 465 g/mol. The number of thiophene rings is 1. The maximum Gasteiger partial charge on any atom is 0.261 e. The lowest BCUT2D eigenvalue weighted by atomic mass is 9.94. The van der Waals surface area contributed by atoms with Crippen molar-refractivity contribution in [2.75, 3.05) is 11.4 Å². The predicted octanol–water partition coefficient (Wildman–Crippen LogP) is 4.84. The molecule has 2 aromatic carbocycles. The maximum atomic E-state index is 15.0. The highest BCUT2D eigenvalue weighted by Crippen LogP contribution is 2.31. The van der Waals surface area contributed by atoms with E-state index in [2.05, 4.69) is 10.6 Å². The van der Waals surface area contributed by atoms with Crippen molar-refractivity contribution in [1.29, 1.82) is 0 Å². The first-order valence-electron chi connectivity index (χ1n) is 11.8. The summed E-state index contributed by atoms with van der Waals surface area (Å²) in [7, 11) is 0. The molecule has 3 amide bonds. The van der Waals surface area contributed by atoms with Gasteiger partial charge < -0.3 is 10.6 Å². The largest absolute Gasteiger partial charge is 0.351 e.